The predicted octanol–water partition coefficient (Wildman–Crippen LogP) is 5.53. The highest BCUT2D eigenvalue weighted by Crippen LogP contribution is 2.40. The van der Waals surface area contributed by atoms with Gasteiger partial charge in [0.1, 0.15) is 0 Å². The number of hydrogen-bond acceptors (Lipinski definition) is 6. The van der Waals surface area contributed by atoms with E-state index < -0.39 is 20.2 Å². The van der Waals surface area contributed by atoms with Gasteiger partial charge in [0.25, 0.3) is 20.2 Å². The molecule has 4 rings (SSSR count). The zero-order valence-electron chi connectivity index (χ0n) is 19.9. The van der Waals surface area contributed by atoms with E-state index in [4.69, 9.17) is 8.37 Å². The van der Waals surface area contributed by atoms with Crippen LogP contribution in [0.3, 0.4) is 0 Å². The van der Waals surface area contributed by atoms with Gasteiger partial charge in [-0.1, -0.05) is 35.4 Å². The first-order valence-electron chi connectivity index (χ1n) is 12.1. The van der Waals surface area contributed by atoms with Gasteiger partial charge in [0.15, 0.2) is 0 Å². The topological polar surface area (TPSA) is 86.7 Å². The van der Waals surface area contributed by atoms with Gasteiger partial charge in [-0.25, -0.2) is 0 Å². The molecule has 0 N–H and O–H groups in total. The summed E-state index contributed by atoms with van der Waals surface area (Å²) in [6.07, 6.45) is 6.11. The van der Waals surface area contributed by atoms with Gasteiger partial charge in [0.2, 0.25) is 0 Å². The Balaban J connectivity index is 1.24. The zero-order valence-corrected chi connectivity index (χ0v) is 21.5. The minimum absolute atomic E-state index is 0.208. The molecule has 0 radical (unpaired) electrons. The van der Waals surface area contributed by atoms with Crippen molar-refractivity contribution in [2.24, 2.45) is 11.8 Å². The molecule has 2 aliphatic carbocycles. The second-order valence-corrected chi connectivity index (χ2v) is 12.9. The largest absolute Gasteiger partial charge is 0.297 e. The van der Waals surface area contributed by atoms with Crippen molar-refractivity contribution in [2.45, 2.75) is 87.2 Å². The van der Waals surface area contributed by atoms with Crippen molar-refractivity contribution in [1.82, 2.24) is 0 Å². The predicted molar refractivity (Wildman–Crippen MR) is 130 cm³/mol. The van der Waals surface area contributed by atoms with Gasteiger partial charge in [-0.15, -0.1) is 0 Å². The van der Waals surface area contributed by atoms with E-state index in [-0.39, 0.29) is 22.0 Å². The summed E-state index contributed by atoms with van der Waals surface area (Å²) in [6, 6.07) is 13.5. The maximum Gasteiger partial charge on any atom is 0.297 e. The second-order valence-electron chi connectivity index (χ2n) is 9.80. The van der Waals surface area contributed by atoms with Crippen LogP contribution in [-0.2, 0) is 28.6 Å². The molecule has 2 saturated carbocycles. The standard InChI is InChI=1S/C26H34O6S2/c1-19-3-15-25(16-4-19)33(27,28)31-23-11-7-21(8-12-23)22-9-13-24(14-10-22)32-34(29,30)26-17-5-20(2)6-18-26/h3-6,15-18,21-24H,7-14H2,1-2H3. The van der Waals surface area contributed by atoms with Gasteiger partial charge >= 0.3 is 0 Å². The second kappa shape index (κ2) is 10.5. The van der Waals surface area contributed by atoms with Crippen molar-refractivity contribution in [3.8, 4) is 0 Å². The molecule has 0 heterocycles. The minimum atomic E-state index is -3.74. The lowest BCUT2D eigenvalue weighted by atomic mass is 9.72. The van der Waals surface area contributed by atoms with Crippen LogP contribution in [-0.4, -0.2) is 29.0 Å². The van der Waals surface area contributed by atoms with Gasteiger partial charge < -0.3 is 0 Å². The van der Waals surface area contributed by atoms with E-state index in [1.807, 2.05) is 13.8 Å². The molecule has 0 aliphatic heterocycles. The van der Waals surface area contributed by atoms with Crippen molar-refractivity contribution in [3.05, 3.63) is 59.7 Å². The van der Waals surface area contributed by atoms with Gasteiger partial charge in [0.05, 0.1) is 22.0 Å². The van der Waals surface area contributed by atoms with Crippen molar-refractivity contribution >= 4 is 20.2 Å². The first-order valence-corrected chi connectivity index (χ1v) is 14.9. The molecule has 2 aromatic carbocycles. The summed E-state index contributed by atoms with van der Waals surface area (Å²) >= 11 is 0. The van der Waals surface area contributed by atoms with E-state index >= 15 is 0 Å². The third kappa shape index (κ3) is 6.27. The highest BCUT2D eigenvalue weighted by molar-refractivity contribution is 7.87. The summed E-state index contributed by atoms with van der Waals surface area (Å²) in [4.78, 5) is 0.415. The van der Waals surface area contributed by atoms with Crippen LogP contribution in [0.5, 0.6) is 0 Å². The molecule has 0 bridgehead atoms. The number of hydrogen-bond donors (Lipinski definition) is 0. The quantitative estimate of drug-likeness (QED) is 0.459. The maximum absolute atomic E-state index is 12.6. The Bertz CT molecular complexity index is 1060. The molecule has 2 fully saturated rings. The monoisotopic (exact) mass is 506 g/mol. The summed E-state index contributed by atoms with van der Waals surface area (Å²) in [7, 11) is -7.48. The van der Waals surface area contributed by atoms with E-state index in [0.717, 1.165) is 62.5 Å². The lowest BCUT2D eigenvalue weighted by molar-refractivity contribution is 0.0754. The maximum atomic E-state index is 12.6. The van der Waals surface area contributed by atoms with E-state index in [1.54, 1.807) is 48.5 Å². The Hall–Kier alpha value is -1.74. The van der Waals surface area contributed by atoms with Gasteiger partial charge in [-0.2, -0.15) is 16.8 Å². The van der Waals surface area contributed by atoms with Crippen LogP contribution >= 0.6 is 0 Å². The fourth-order valence-corrected chi connectivity index (χ4v) is 7.45. The van der Waals surface area contributed by atoms with Crippen molar-refractivity contribution < 1.29 is 25.2 Å². The molecule has 0 aromatic heterocycles. The molecule has 8 heteroatoms. The fourth-order valence-electron chi connectivity index (χ4n) is 5.19. The molecule has 2 aliphatic rings. The fraction of sp³-hybridized carbons (Fsp3) is 0.538. The van der Waals surface area contributed by atoms with Crippen LogP contribution in [0.2, 0.25) is 0 Å². The summed E-state index contributed by atoms with van der Waals surface area (Å²) in [6.45, 7) is 3.84. The van der Waals surface area contributed by atoms with E-state index in [9.17, 15) is 16.8 Å². The van der Waals surface area contributed by atoms with Crippen LogP contribution in [0.1, 0.15) is 62.5 Å². The third-order valence-electron chi connectivity index (χ3n) is 7.25. The summed E-state index contributed by atoms with van der Waals surface area (Å²) < 4.78 is 61.4. The van der Waals surface area contributed by atoms with E-state index in [2.05, 4.69) is 0 Å². The molecule has 2 aromatic rings. The van der Waals surface area contributed by atoms with Crippen LogP contribution in [0.15, 0.2) is 58.3 Å². The first-order chi connectivity index (χ1) is 16.1. The highest BCUT2D eigenvalue weighted by Gasteiger charge is 2.34. The molecule has 34 heavy (non-hydrogen) atoms. The van der Waals surface area contributed by atoms with Gasteiger partial charge in [-0.3, -0.25) is 8.37 Å². The van der Waals surface area contributed by atoms with Crippen molar-refractivity contribution in [2.75, 3.05) is 0 Å². The number of aryl methyl sites for hydroxylation is 2. The molecular weight excluding hydrogens is 472 g/mol. The first kappa shape index (κ1) is 25.4. The molecule has 186 valence electrons. The lowest BCUT2D eigenvalue weighted by Crippen LogP contribution is -2.32. The lowest BCUT2D eigenvalue weighted by Gasteiger charge is -2.37. The highest BCUT2D eigenvalue weighted by atomic mass is 32.2. The minimum Gasteiger partial charge on any atom is -0.263 e. The number of benzene rings is 2. The Morgan fingerprint density at radius 2 is 0.824 bits per heavy atom. The molecule has 0 saturated heterocycles. The van der Waals surface area contributed by atoms with Gasteiger partial charge in [-0.05, 0) is 101 Å². The Morgan fingerprint density at radius 3 is 1.12 bits per heavy atom. The number of rotatable bonds is 7. The van der Waals surface area contributed by atoms with E-state index in [0.29, 0.717) is 11.8 Å². The summed E-state index contributed by atoms with van der Waals surface area (Å²) in [5, 5.41) is 0. The van der Waals surface area contributed by atoms with Crippen LogP contribution < -0.4 is 0 Å². The smallest absolute Gasteiger partial charge is 0.263 e. The van der Waals surface area contributed by atoms with Gasteiger partial charge in [0, 0.05) is 0 Å². The van der Waals surface area contributed by atoms with Crippen LogP contribution in [0.25, 0.3) is 0 Å². The van der Waals surface area contributed by atoms with Crippen LogP contribution in [0, 0.1) is 25.7 Å². The van der Waals surface area contributed by atoms with Crippen LogP contribution in [0.4, 0.5) is 0 Å². The summed E-state index contributed by atoms with van der Waals surface area (Å²) in [5.41, 5.74) is 2.01. The Morgan fingerprint density at radius 1 is 0.529 bits per heavy atom. The average molecular weight is 507 g/mol. The zero-order chi connectivity index (χ0) is 24.3. The SMILES string of the molecule is Cc1ccc(S(=O)(=O)OC2CCC(C3CCC(OS(=O)(=O)c4ccc(C)cc4)CC3)CC2)cc1. The molecule has 0 amide bonds. The molecule has 0 atom stereocenters. The molecular formula is C26H34O6S2. The molecule has 0 unspecified atom stereocenters. The molecule has 0 spiro atoms. The molecule has 6 nitrogen and oxygen atoms in total. The Kier molecular flexibility index (Phi) is 7.82. The van der Waals surface area contributed by atoms with Crippen molar-refractivity contribution in [3.63, 3.8) is 0 Å². The van der Waals surface area contributed by atoms with Crippen molar-refractivity contribution in [1.29, 1.82) is 0 Å². The van der Waals surface area contributed by atoms with E-state index in [1.165, 1.54) is 0 Å². The summed E-state index contributed by atoms with van der Waals surface area (Å²) in [5.74, 6) is 1.05. The normalized spacial score (nSPS) is 26.3. The Labute approximate surface area is 203 Å². The third-order valence-corrected chi connectivity index (χ3v) is 10.00. The average Bonchev–Trinajstić information content (AvgIpc) is 2.80.